The molecular weight excluding hydrogens is 309 g/mol. The lowest BCUT2D eigenvalue weighted by Crippen LogP contribution is -2.25. The average molecular weight is 331 g/mol. The molecule has 6 heteroatoms. The summed E-state index contributed by atoms with van der Waals surface area (Å²) >= 11 is 0. The number of imidazole rings is 1. The molecule has 1 aromatic carbocycles. The first-order valence-corrected chi connectivity index (χ1v) is 8.28. The maximum Gasteiger partial charge on any atom is 0.305 e. The number of fused-ring (bicyclic) bond motifs is 1. The summed E-state index contributed by atoms with van der Waals surface area (Å²) in [5.41, 5.74) is 3.07. The van der Waals surface area contributed by atoms with Crippen LogP contribution in [0.2, 0.25) is 0 Å². The van der Waals surface area contributed by atoms with Crippen molar-refractivity contribution in [2.45, 2.75) is 44.7 Å². The zero-order valence-corrected chi connectivity index (χ0v) is 13.8. The smallest absolute Gasteiger partial charge is 0.305 e. The number of rotatable bonds is 6. The zero-order valence-electron chi connectivity index (χ0n) is 13.8. The molecule has 0 amide bonds. The Morgan fingerprint density at radius 2 is 2.21 bits per heavy atom. The molecule has 1 aromatic heterocycles. The summed E-state index contributed by atoms with van der Waals surface area (Å²) in [6.45, 7) is 0.456. The SMILES string of the molecule is Cn1c(CNC(CC(=O)O)c2cccc(F)c2)nc2c1CCCC2. The Bertz CT molecular complexity index is 742. The molecule has 1 heterocycles. The minimum atomic E-state index is -0.920. The molecule has 0 bridgehead atoms. The molecule has 1 aliphatic rings. The van der Waals surface area contributed by atoms with E-state index in [9.17, 15) is 9.18 Å². The number of benzene rings is 1. The molecule has 2 aromatic rings. The van der Waals surface area contributed by atoms with Gasteiger partial charge in [0.15, 0.2) is 0 Å². The quantitative estimate of drug-likeness (QED) is 0.854. The Morgan fingerprint density at radius 1 is 1.42 bits per heavy atom. The lowest BCUT2D eigenvalue weighted by Gasteiger charge is -2.17. The van der Waals surface area contributed by atoms with Gasteiger partial charge in [-0.15, -0.1) is 0 Å². The van der Waals surface area contributed by atoms with E-state index in [1.54, 1.807) is 12.1 Å². The lowest BCUT2D eigenvalue weighted by atomic mass is 10.0. The lowest BCUT2D eigenvalue weighted by molar-refractivity contribution is -0.137. The van der Waals surface area contributed by atoms with Crippen LogP contribution in [0, 0.1) is 5.82 Å². The third-order valence-corrected chi connectivity index (χ3v) is 4.60. The summed E-state index contributed by atoms with van der Waals surface area (Å²) in [6.07, 6.45) is 4.30. The highest BCUT2D eigenvalue weighted by molar-refractivity contribution is 5.67. The van der Waals surface area contributed by atoms with E-state index in [4.69, 9.17) is 10.1 Å². The highest BCUT2D eigenvalue weighted by Crippen LogP contribution is 2.23. The molecule has 3 rings (SSSR count). The first kappa shape index (κ1) is 16.6. The van der Waals surface area contributed by atoms with Crippen molar-refractivity contribution < 1.29 is 14.3 Å². The van der Waals surface area contributed by atoms with Gasteiger partial charge in [0.05, 0.1) is 18.7 Å². The average Bonchev–Trinajstić information content (AvgIpc) is 2.88. The molecule has 24 heavy (non-hydrogen) atoms. The number of halogens is 1. The van der Waals surface area contributed by atoms with Crippen LogP contribution in [0.3, 0.4) is 0 Å². The molecule has 128 valence electrons. The number of aryl methyl sites for hydroxylation is 1. The second kappa shape index (κ2) is 7.13. The second-order valence-electron chi connectivity index (χ2n) is 6.27. The van der Waals surface area contributed by atoms with Crippen molar-refractivity contribution in [1.29, 1.82) is 0 Å². The van der Waals surface area contributed by atoms with Gasteiger partial charge in [-0.05, 0) is 43.4 Å². The fraction of sp³-hybridized carbons (Fsp3) is 0.444. The van der Waals surface area contributed by atoms with Gasteiger partial charge in [-0.2, -0.15) is 0 Å². The Morgan fingerprint density at radius 3 is 2.92 bits per heavy atom. The van der Waals surface area contributed by atoms with E-state index >= 15 is 0 Å². The Hall–Kier alpha value is -2.21. The van der Waals surface area contributed by atoms with Gasteiger partial charge < -0.3 is 15.0 Å². The van der Waals surface area contributed by atoms with Crippen molar-refractivity contribution >= 4 is 5.97 Å². The van der Waals surface area contributed by atoms with Crippen LogP contribution in [0.5, 0.6) is 0 Å². The molecule has 0 fully saturated rings. The topological polar surface area (TPSA) is 67.2 Å². The van der Waals surface area contributed by atoms with Gasteiger partial charge in [-0.3, -0.25) is 4.79 Å². The summed E-state index contributed by atoms with van der Waals surface area (Å²) in [4.78, 5) is 15.8. The fourth-order valence-electron chi connectivity index (χ4n) is 3.32. The first-order valence-electron chi connectivity index (χ1n) is 8.28. The van der Waals surface area contributed by atoms with Gasteiger partial charge in [0.25, 0.3) is 0 Å². The third kappa shape index (κ3) is 3.64. The molecular formula is C18H22FN3O2. The number of aliphatic carboxylic acids is 1. The summed E-state index contributed by atoms with van der Waals surface area (Å²) in [7, 11) is 2.00. The first-order chi connectivity index (χ1) is 11.5. The Labute approximate surface area is 140 Å². The Kier molecular flexibility index (Phi) is 4.94. The van der Waals surface area contributed by atoms with Gasteiger partial charge in [-0.25, -0.2) is 9.37 Å². The predicted molar refractivity (Wildman–Crippen MR) is 88.1 cm³/mol. The van der Waals surface area contributed by atoms with Gasteiger partial charge in [0.2, 0.25) is 0 Å². The number of carboxylic acid groups (broad SMARTS) is 1. The molecule has 0 radical (unpaired) electrons. The van der Waals surface area contributed by atoms with Crippen molar-refractivity contribution in [1.82, 2.24) is 14.9 Å². The molecule has 0 spiro atoms. The summed E-state index contributed by atoms with van der Waals surface area (Å²) in [5.74, 6) is -0.387. The van der Waals surface area contributed by atoms with Gasteiger partial charge in [-0.1, -0.05) is 12.1 Å². The number of hydrogen-bond acceptors (Lipinski definition) is 3. The van der Waals surface area contributed by atoms with Crippen LogP contribution in [0.25, 0.3) is 0 Å². The van der Waals surface area contributed by atoms with Crippen LogP contribution in [0.1, 0.15) is 48.1 Å². The van der Waals surface area contributed by atoms with E-state index in [0.717, 1.165) is 24.4 Å². The zero-order chi connectivity index (χ0) is 17.1. The molecule has 2 N–H and O–H groups in total. The summed E-state index contributed by atoms with van der Waals surface area (Å²) < 4.78 is 15.6. The number of carboxylic acids is 1. The number of nitrogens with one attached hydrogen (secondary N) is 1. The van der Waals surface area contributed by atoms with Crippen molar-refractivity contribution in [2.24, 2.45) is 7.05 Å². The number of nitrogens with zero attached hydrogens (tertiary/aromatic N) is 2. The van der Waals surface area contributed by atoms with E-state index in [1.807, 2.05) is 7.05 Å². The highest BCUT2D eigenvalue weighted by Gasteiger charge is 2.20. The van der Waals surface area contributed by atoms with E-state index < -0.39 is 12.0 Å². The number of hydrogen-bond donors (Lipinski definition) is 2. The van der Waals surface area contributed by atoms with Crippen LogP contribution in [-0.2, 0) is 31.2 Å². The molecule has 1 unspecified atom stereocenters. The molecule has 1 aliphatic carbocycles. The van der Waals surface area contributed by atoms with Crippen LogP contribution in [0.15, 0.2) is 24.3 Å². The van der Waals surface area contributed by atoms with Crippen LogP contribution in [-0.4, -0.2) is 20.6 Å². The predicted octanol–water partition coefficient (Wildman–Crippen LogP) is 2.74. The van der Waals surface area contributed by atoms with Crippen LogP contribution < -0.4 is 5.32 Å². The van der Waals surface area contributed by atoms with Crippen molar-refractivity contribution in [3.05, 3.63) is 52.9 Å². The molecule has 5 nitrogen and oxygen atoms in total. The maximum atomic E-state index is 13.5. The van der Waals surface area contributed by atoms with Crippen LogP contribution >= 0.6 is 0 Å². The monoisotopic (exact) mass is 331 g/mol. The third-order valence-electron chi connectivity index (χ3n) is 4.60. The van der Waals surface area contributed by atoms with E-state index in [-0.39, 0.29) is 12.2 Å². The maximum absolute atomic E-state index is 13.5. The minimum absolute atomic E-state index is 0.104. The molecule has 1 atom stereocenters. The number of carbonyl (C=O) groups is 1. The van der Waals surface area contributed by atoms with Crippen molar-refractivity contribution in [2.75, 3.05) is 0 Å². The summed E-state index contributed by atoms with van der Waals surface area (Å²) in [5, 5.41) is 12.4. The standard InChI is InChI=1S/C18H22FN3O2/c1-22-16-8-3-2-7-14(16)21-17(22)11-20-15(10-18(23)24)12-5-4-6-13(19)9-12/h4-6,9,15,20H,2-3,7-8,10-11H2,1H3,(H,23,24). The van der Waals surface area contributed by atoms with E-state index in [0.29, 0.717) is 12.1 Å². The normalized spacial score (nSPS) is 15.1. The van der Waals surface area contributed by atoms with E-state index in [2.05, 4.69) is 9.88 Å². The van der Waals surface area contributed by atoms with Gasteiger partial charge >= 0.3 is 5.97 Å². The molecule has 0 saturated carbocycles. The fourth-order valence-corrected chi connectivity index (χ4v) is 3.32. The van der Waals surface area contributed by atoms with Crippen LogP contribution in [0.4, 0.5) is 4.39 Å². The number of aromatic nitrogens is 2. The summed E-state index contributed by atoms with van der Waals surface area (Å²) in [6, 6.07) is 5.62. The molecule has 0 aliphatic heterocycles. The highest BCUT2D eigenvalue weighted by atomic mass is 19.1. The van der Waals surface area contributed by atoms with Crippen molar-refractivity contribution in [3.63, 3.8) is 0 Å². The van der Waals surface area contributed by atoms with E-state index in [1.165, 1.54) is 30.7 Å². The van der Waals surface area contributed by atoms with Gasteiger partial charge in [0, 0.05) is 18.8 Å². The van der Waals surface area contributed by atoms with Gasteiger partial charge in [0.1, 0.15) is 11.6 Å². The largest absolute Gasteiger partial charge is 0.481 e. The second-order valence-corrected chi connectivity index (χ2v) is 6.27. The Balaban J connectivity index is 1.76. The van der Waals surface area contributed by atoms with Crippen molar-refractivity contribution in [3.8, 4) is 0 Å². The molecule has 0 saturated heterocycles. The minimum Gasteiger partial charge on any atom is -0.481 e.